The van der Waals surface area contributed by atoms with Crippen LogP contribution in [0.3, 0.4) is 0 Å². The molecule has 0 aliphatic carbocycles. The fourth-order valence-corrected chi connectivity index (χ4v) is 11.9. The number of benzene rings is 4. The molecule has 8 rings (SSSR count). The van der Waals surface area contributed by atoms with Gasteiger partial charge in [0.25, 0.3) is 0 Å². The molecule has 0 fully saturated rings. The summed E-state index contributed by atoms with van der Waals surface area (Å²) in [5.74, 6) is 1.59. The summed E-state index contributed by atoms with van der Waals surface area (Å²) < 4.78 is 19.1. The Hall–Kier alpha value is -3.92. The third-order valence-electron chi connectivity index (χ3n) is 10.6. The minimum atomic E-state index is 0.796. The number of thiazole rings is 4. The van der Waals surface area contributed by atoms with Gasteiger partial charge in [-0.05, 0) is 152 Å². The largest absolute Gasteiger partial charge is 0.457 e. The Balaban J connectivity index is 0.808. The van der Waals surface area contributed by atoms with Crippen molar-refractivity contribution in [1.82, 2.24) is 18.3 Å². The van der Waals surface area contributed by atoms with Gasteiger partial charge in [-0.2, -0.15) is 0 Å². The van der Waals surface area contributed by atoms with Crippen molar-refractivity contribution in [3.8, 4) is 56.5 Å². The zero-order valence-electron chi connectivity index (χ0n) is 32.9. The average Bonchev–Trinajstić information content (AvgIpc) is 4.05. The number of nitrogens with zero attached hydrogens (tertiary/aromatic N) is 4. The molecule has 0 atom stereocenters. The Kier molecular flexibility index (Phi) is 14.8. The molecule has 0 saturated carbocycles. The van der Waals surface area contributed by atoms with Crippen molar-refractivity contribution in [3.05, 3.63) is 147 Å². The molecule has 4 aromatic carbocycles. The van der Waals surface area contributed by atoms with Gasteiger partial charge in [0.15, 0.2) is 15.8 Å². The van der Waals surface area contributed by atoms with Crippen LogP contribution >= 0.6 is 94.2 Å². The maximum absolute atomic E-state index is 6.30. The van der Waals surface area contributed by atoms with E-state index >= 15 is 0 Å². The summed E-state index contributed by atoms with van der Waals surface area (Å²) in [6, 6.07) is 37.7. The zero-order chi connectivity index (χ0) is 41.3. The number of rotatable bonds is 19. The highest BCUT2D eigenvalue weighted by Crippen LogP contribution is 2.32. The van der Waals surface area contributed by atoms with Crippen LogP contribution in [-0.4, -0.2) is 18.3 Å². The van der Waals surface area contributed by atoms with Gasteiger partial charge in [0.2, 0.25) is 0 Å². The average molecular weight is 937 g/mol. The fraction of sp³-hybridized carbons (Fsp3) is 0.234. The number of aromatic nitrogens is 4. The molecule has 0 bridgehead atoms. The summed E-state index contributed by atoms with van der Waals surface area (Å²) in [5, 5.41) is 8.70. The van der Waals surface area contributed by atoms with E-state index in [2.05, 4.69) is 125 Å². The molecule has 13 heteroatoms. The van der Waals surface area contributed by atoms with E-state index in [1.807, 2.05) is 24.3 Å². The quantitative estimate of drug-likeness (QED) is 0.0595. The highest BCUT2D eigenvalue weighted by molar-refractivity contribution is 7.74. The smallest absolute Gasteiger partial charge is 0.161 e. The Morgan fingerprint density at radius 2 is 0.600 bits per heavy atom. The summed E-state index contributed by atoms with van der Waals surface area (Å²) in [7, 11) is 0. The van der Waals surface area contributed by atoms with Crippen LogP contribution in [0.2, 0.25) is 0 Å². The van der Waals surface area contributed by atoms with E-state index < -0.39 is 0 Å². The van der Waals surface area contributed by atoms with Gasteiger partial charge >= 0.3 is 0 Å². The molecule has 0 radical (unpaired) electrons. The molecular formula is C47H44N4OS8. The molecule has 0 N–H and O–H groups in total. The van der Waals surface area contributed by atoms with Crippen LogP contribution in [0.15, 0.2) is 131 Å². The molecule has 0 unspecified atom stereocenters. The number of unbranched alkanes of at least 4 members (excludes halogenated alkanes) is 5. The van der Waals surface area contributed by atoms with Crippen molar-refractivity contribution in [2.24, 2.45) is 0 Å². The third-order valence-corrected chi connectivity index (χ3v) is 15.7. The lowest BCUT2D eigenvalue weighted by atomic mass is 10.1. The van der Waals surface area contributed by atoms with Gasteiger partial charge in [-0.25, -0.2) is 0 Å². The number of ether oxygens (including phenoxy) is 1. The van der Waals surface area contributed by atoms with Crippen molar-refractivity contribution >= 4 is 94.2 Å². The van der Waals surface area contributed by atoms with Gasteiger partial charge in [-0.3, -0.25) is 0 Å². The lowest BCUT2D eigenvalue weighted by molar-refractivity contribution is 0.483. The first-order valence-corrected chi connectivity index (χ1v) is 25.3. The summed E-state index contributed by atoms with van der Waals surface area (Å²) in [5.41, 5.74) is 9.44. The predicted molar refractivity (Wildman–Crippen MR) is 267 cm³/mol. The van der Waals surface area contributed by atoms with Crippen LogP contribution in [0, 0.1) is 15.8 Å². The topological polar surface area (TPSA) is 28.9 Å². The van der Waals surface area contributed by atoms with Crippen LogP contribution in [0.4, 0.5) is 0 Å². The molecule has 0 aliphatic heterocycles. The van der Waals surface area contributed by atoms with E-state index in [0.717, 1.165) is 121 Å². The van der Waals surface area contributed by atoms with Gasteiger partial charge < -0.3 is 23.0 Å². The third kappa shape index (κ3) is 10.4. The van der Waals surface area contributed by atoms with Crippen LogP contribution in [0.5, 0.6) is 11.5 Å². The van der Waals surface area contributed by atoms with Gasteiger partial charge in [-0.1, -0.05) is 73.5 Å². The summed E-state index contributed by atoms with van der Waals surface area (Å²) in [6.45, 7) is 3.67. The van der Waals surface area contributed by atoms with E-state index in [1.54, 1.807) is 45.3 Å². The Bertz CT molecular complexity index is 2860. The Morgan fingerprint density at radius 1 is 0.333 bits per heavy atom. The SMILES string of the molecule is S=c1scc(-c2ccccc2)n1CCCCCCn1c(-c2ccc(Oc3ccc(-c4csc(=S)n4CCCCCn4c(-c5ccccc5)csc4=S)cc3)cc2)csc1=S. The van der Waals surface area contributed by atoms with Crippen LogP contribution in [-0.2, 0) is 26.2 Å². The first kappa shape index (κ1) is 42.8. The standard InChI is InChI=1S/C47H44N4OS8/c53-44-48(40(30-57-44)34-14-6-3-7-15-34)26-10-1-2-11-27-50-42(32-59-46(50)55)36-18-22-38(23-19-36)52-39-24-20-37(21-25-39)43-33-60-47(56)51(43)29-13-5-12-28-49-41(31-58-45(49)54)35-16-8-4-9-17-35/h3-4,6-9,14-25,30-33H,1-2,5,10-13,26-29H2. The molecule has 5 nitrogen and oxygen atoms in total. The van der Waals surface area contributed by atoms with Gasteiger partial charge in [0.1, 0.15) is 11.5 Å². The Labute approximate surface area is 388 Å². The molecule has 0 amide bonds. The van der Waals surface area contributed by atoms with Crippen molar-refractivity contribution in [3.63, 3.8) is 0 Å². The maximum atomic E-state index is 6.30. The highest BCUT2D eigenvalue weighted by atomic mass is 32.2. The highest BCUT2D eigenvalue weighted by Gasteiger charge is 2.12. The minimum Gasteiger partial charge on any atom is -0.457 e. The molecule has 60 heavy (non-hydrogen) atoms. The monoisotopic (exact) mass is 936 g/mol. The van der Waals surface area contributed by atoms with E-state index in [1.165, 1.54) is 22.5 Å². The first-order valence-electron chi connectivity index (χ1n) is 20.2. The molecule has 0 spiro atoms. The second kappa shape index (κ2) is 20.8. The summed E-state index contributed by atoms with van der Waals surface area (Å²) >= 11 is 29.4. The molecule has 306 valence electrons. The fourth-order valence-electron chi connectivity index (χ4n) is 7.42. The Morgan fingerprint density at radius 3 is 0.900 bits per heavy atom. The summed E-state index contributed by atoms with van der Waals surface area (Å²) in [6.07, 6.45) is 7.69. The zero-order valence-corrected chi connectivity index (χ0v) is 39.5. The van der Waals surface area contributed by atoms with E-state index in [0.29, 0.717) is 0 Å². The van der Waals surface area contributed by atoms with Crippen LogP contribution < -0.4 is 4.74 Å². The van der Waals surface area contributed by atoms with Crippen molar-refractivity contribution < 1.29 is 4.74 Å². The molecule has 8 aromatic rings. The second-order valence-corrected chi connectivity index (χ2v) is 20.5. The molecule has 4 aromatic heterocycles. The predicted octanol–water partition coefficient (Wildman–Crippen LogP) is 16.6. The lowest BCUT2D eigenvalue weighted by Gasteiger charge is -2.12. The van der Waals surface area contributed by atoms with Gasteiger partial charge in [-0.15, -0.1) is 45.3 Å². The normalized spacial score (nSPS) is 11.3. The van der Waals surface area contributed by atoms with E-state index in [-0.39, 0.29) is 0 Å². The second-order valence-electron chi connectivity index (χ2n) is 14.5. The maximum Gasteiger partial charge on any atom is 0.161 e. The summed E-state index contributed by atoms with van der Waals surface area (Å²) in [4.78, 5) is 0. The van der Waals surface area contributed by atoms with Crippen molar-refractivity contribution in [2.75, 3.05) is 0 Å². The van der Waals surface area contributed by atoms with E-state index in [4.69, 9.17) is 53.6 Å². The van der Waals surface area contributed by atoms with Crippen LogP contribution in [0.25, 0.3) is 45.0 Å². The van der Waals surface area contributed by atoms with Crippen LogP contribution in [0.1, 0.15) is 44.9 Å². The van der Waals surface area contributed by atoms with Crippen molar-refractivity contribution in [1.29, 1.82) is 0 Å². The molecule has 0 aliphatic rings. The molecular weight excluding hydrogens is 893 g/mol. The first-order chi connectivity index (χ1) is 29.4. The lowest BCUT2D eigenvalue weighted by Crippen LogP contribution is -2.03. The van der Waals surface area contributed by atoms with Crippen molar-refractivity contribution in [2.45, 2.75) is 71.1 Å². The van der Waals surface area contributed by atoms with Gasteiger partial charge in [0, 0.05) is 47.7 Å². The van der Waals surface area contributed by atoms with E-state index in [9.17, 15) is 0 Å². The van der Waals surface area contributed by atoms with Gasteiger partial charge in [0.05, 0.1) is 22.8 Å². The molecule has 0 saturated heterocycles. The number of hydrogen-bond acceptors (Lipinski definition) is 9. The molecule has 4 heterocycles. The minimum absolute atomic E-state index is 0.796. The number of hydrogen-bond donors (Lipinski definition) is 0.